The maximum absolute atomic E-state index is 11.5. The van der Waals surface area contributed by atoms with Crippen molar-refractivity contribution < 1.29 is 9.53 Å². The highest BCUT2D eigenvalue weighted by atomic mass is 16.5. The van der Waals surface area contributed by atoms with Gasteiger partial charge in [0.25, 0.3) is 5.56 Å². The molecule has 0 radical (unpaired) electrons. The summed E-state index contributed by atoms with van der Waals surface area (Å²) in [4.78, 5) is 26.7. The second-order valence-electron chi connectivity index (χ2n) is 3.02. The molecule has 6 nitrogen and oxygen atoms in total. The van der Waals surface area contributed by atoms with Crippen molar-refractivity contribution in [1.82, 2.24) is 14.8 Å². The highest BCUT2D eigenvalue weighted by Gasteiger charge is 2.12. The third kappa shape index (κ3) is 1.72. The molecule has 2 aromatic heterocycles. The Bertz CT molecular complexity index is 556. The molecule has 0 amide bonds. The van der Waals surface area contributed by atoms with Crippen LogP contribution in [0.25, 0.3) is 5.82 Å². The number of carbonyl (C=O) groups excluding carboxylic acids is 1. The molecule has 0 bridgehead atoms. The molecule has 2 heterocycles. The molecule has 16 heavy (non-hydrogen) atoms. The molecule has 0 unspecified atom stereocenters. The molecular weight excluding hydrogens is 210 g/mol. The van der Waals surface area contributed by atoms with Crippen molar-refractivity contribution in [2.24, 2.45) is 0 Å². The summed E-state index contributed by atoms with van der Waals surface area (Å²) in [6.07, 6.45) is 1.56. The van der Waals surface area contributed by atoms with E-state index in [2.05, 4.69) is 14.8 Å². The van der Waals surface area contributed by atoms with E-state index in [4.69, 9.17) is 0 Å². The van der Waals surface area contributed by atoms with Gasteiger partial charge >= 0.3 is 5.97 Å². The fourth-order valence-electron chi connectivity index (χ4n) is 1.27. The normalized spacial score (nSPS) is 10.1. The van der Waals surface area contributed by atoms with E-state index in [1.807, 2.05) is 0 Å². The fraction of sp³-hybridized carbons (Fsp3) is 0.100. The molecule has 0 aliphatic carbocycles. The number of ether oxygens (including phenoxy) is 1. The minimum atomic E-state index is -0.591. The average Bonchev–Trinajstić information content (AvgIpc) is 2.71. The van der Waals surface area contributed by atoms with Crippen LogP contribution < -0.4 is 5.56 Å². The first-order chi connectivity index (χ1) is 7.72. The highest BCUT2D eigenvalue weighted by molar-refractivity contribution is 5.86. The minimum Gasteiger partial charge on any atom is -0.464 e. The maximum Gasteiger partial charge on any atom is 0.356 e. The Balaban J connectivity index is 2.48. The first-order valence-corrected chi connectivity index (χ1v) is 4.54. The number of esters is 1. The molecule has 1 N–H and O–H groups in total. The molecule has 6 heteroatoms. The van der Waals surface area contributed by atoms with Crippen LogP contribution in [0.3, 0.4) is 0 Å². The molecule has 0 aliphatic rings. The summed E-state index contributed by atoms with van der Waals surface area (Å²) in [6.45, 7) is 0. The Morgan fingerprint density at radius 2 is 2.31 bits per heavy atom. The second kappa shape index (κ2) is 4.01. The lowest BCUT2D eigenvalue weighted by Gasteiger charge is -1.99. The van der Waals surface area contributed by atoms with Gasteiger partial charge in [-0.05, 0) is 12.1 Å². The Morgan fingerprint density at radius 3 is 2.94 bits per heavy atom. The summed E-state index contributed by atoms with van der Waals surface area (Å²) in [5, 5.41) is 2.62. The van der Waals surface area contributed by atoms with Crippen molar-refractivity contribution in [2.75, 3.05) is 7.11 Å². The van der Waals surface area contributed by atoms with Crippen LogP contribution >= 0.6 is 0 Å². The zero-order valence-corrected chi connectivity index (χ0v) is 8.51. The number of pyridine rings is 1. The molecule has 0 saturated heterocycles. The lowest BCUT2D eigenvalue weighted by Crippen LogP contribution is -2.14. The summed E-state index contributed by atoms with van der Waals surface area (Å²) >= 11 is 0. The van der Waals surface area contributed by atoms with Gasteiger partial charge in [0.15, 0.2) is 5.82 Å². The van der Waals surface area contributed by atoms with Gasteiger partial charge in [-0.25, -0.2) is 14.5 Å². The van der Waals surface area contributed by atoms with Crippen LogP contribution in [-0.2, 0) is 4.74 Å². The van der Waals surface area contributed by atoms with Crippen molar-refractivity contribution in [3.05, 3.63) is 46.5 Å². The molecule has 2 aromatic rings. The van der Waals surface area contributed by atoms with Crippen molar-refractivity contribution in [3.63, 3.8) is 0 Å². The van der Waals surface area contributed by atoms with E-state index in [9.17, 15) is 9.59 Å². The van der Waals surface area contributed by atoms with Crippen molar-refractivity contribution >= 4 is 5.97 Å². The SMILES string of the molecule is COC(=O)c1cc(=O)n(-c2ccccn2)[nH]1. The van der Waals surface area contributed by atoms with Crippen LogP contribution in [0.2, 0.25) is 0 Å². The summed E-state index contributed by atoms with van der Waals surface area (Å²) in [5.74, 6) is -0.172. The number of methoxy groups -OCH3 is 1. The number of aromatic amines is 1. The van der Waals surface area contributed by atoms with Gasteiger partial charge in [-0.15, -0.1) is 0 Å². The zero-order chi connectivity index (χ0) is 11.5. The quantitative estimate of drug-likeness (QED) is 0.739. The lowest BCUT2D eigenvalue weighted by atomic mass is 10.4. The average molecular weight is 219 g/mol. The van der Waals surface area contributed by atoms with Gasteiger partial charge in [0, 0.05) is 12.3 Å². The molecule has 0 fully saturated rings. The highest BCUT2D eigenvalue weighted by Crippen LogP contribution is 2.00. The Hall–Kier alpha value is -2.37. The molecular formula is C10H9N3O3. The number of nitrogens with one attached hydrogen (secondary N) is 1. The van der Waals surface area contributed by atoms with Gasteiger partial charge in [0.05, 0.1) is 7.11 Å². The molecule has 0 saturated carbocycles. The summed E-state index contributed by atoms with van der Waals surface area (Å²) in [5.41, 5.74) is -0.266. The van der Waals surface area contributed by atoms with Gasteiger partial charge in [0.2, 0.25) is 0 Å². The number of aromatic nitrogens is 3. The van der Waals surface area contributed by atoms with Gasteiger partial charge < -0.3 is 4.74 Å². The number of carbonyl (C=O) groups is 1. The van der Waals surface area contributed by atoms with Crippen LogP contribution in [0.15, 0.2) is 35.3 Å². The molecule has 82 valence electrons. The van der Waals surface area contributed by atoms with Crippen molar-refractivity contribution in [2.45, 2.75) is 0 Å². The topological polar surface area (TPSA) is 77.0 Å². The zero-order valence-electron chi connectivity index (χ0n) is 8.51. The van der Waals surface area contributed by atoms with E-state index in [1.165, 1.54) is 17.9 Å². The second-order valence-corrected chi connectivity index (χ2v) is 3.02. The molecule has 0 atom stereocenters. The number of hydrogen-bond acceptors (Lipinski definition) is 4. The lowest BCUT2D eigenvalue weighted by molar-refractivity contribution is 0.0593. The Kier molecular flexibility index (Phi) is 2.55. The van der Waals surface area contributed by atoms with Crippen molar-refractivity contribution in [3.8, 4) is 5.82 Å². The largest absolute Gasteiger partial charge is 0.464 e. The van der Waals surface area contributed by atoms with Crippen LogP contribution in [-0.4, -0.2) is 27.8 Å². The Morgan fingerprint density at radius 1 is 1.50 bits per heavy atom. The van der Waals surface area contributed by atoms with E-state index < -0.39 is 5.97 Å². The first kappa shape index (κ1) is 10.2. The van der Waals surface area contributed by atoms with E-state index in [0.29, 0.717) is 5.82 Å². The number of H-pyrrole nitrogens is 1. The minimum absolute atomic E-state index is 0.0955. The van der Waals surface area contributed by atoms with E-state index in [0.717, 1.165) is 0 Å². The van der Waals surface area contributed by atoms with Gasteiger partial charge in [0.1, 0.15) is 5.69 Å². The Labute approximate surface area is 90.5 Å². The van der Waals surface area contributed by atoms with Crippen LogP contribution in [0, 0.1) is 0 Å². The van der Waals surface area contributed by atoms with Gasteiger partial charge in [-0.1, -0.05) is 6.07 Å². The number of hydrogen-bond donors (Lipinski definition) is 1. The fourth-order valence-corrected chi connectivity index (χ4v) is 1.27. The smallest absolute Gasteiger partial charge is 0.356 e. The predicted octanol–water partition coefficient (Wildman–Crippen LogP) is 0.347. The number of rotatable bonds is 2. The molecule has 0 aromatic carbocycles. The predicted molar refractivity (Wildman–Crippen MR) is 55.5 cm³/mol. The third-order valence-electron chi connectivity index (χ3n) is 2.00. The first-order valence-electron chi connectivity index (χ1n) is 4.54. The summed E-state index contributed by atoms with van der Waals surface area (Å²) < 4.78 is 5.67. The van der Waals surface area contributed by atoms with Gasteiger partial charge in [-0.2, -0.15) is 0 Å². The molecule has 0 aliphatic heterocycles. The maximum atomic E-state index is 11.5. The standard InChI is InChI=1S/C10H9N3O3/c1-16-10(15)7-6-9(14)13(12-7)8-4-2-3-5-11-8/h2-6,12H,1H3. The summed E-state index contributed by atoms with van der Waals surface area (Å²) in [7, 11) is 1.25. The van der Waals surface area contributed by atoms with E-state index in [-0.39, 0.29) is 11.3 Å². The molecule has 2 rings (SSSR count). The monoisotopic (exact) mass is 219 g/mol. The third-order valence-corrected chi connectivity index (χ3v) is 2.00. The van der Waals surface area contributed by atoms with E-state index in [1.54, 1.807) is 24.4 Å². The molecule has 0 spiro atoms. The van der Waals surface area contributed by atoms with Crippen molar-refractivity contribution in [1.29, 1.82) is 0 Å². The van der Waals surface area contributed by atoms with Crippen LogP contribution in [0.5, 0.6) is 0 Å². The van der Waals surface area contributed by atoms with E-state index >= 15 is 0 Å². The van der Waals surface area contributed by atoms with Crippen LogP contribution in [0.4, 0.5) is 0 Å². The van der Waals surface area contributed by atoms with Crippen LogP contribution in [0.1, 0.15) is 10.5 Å². The van der Waals surface area contributed by atoms with Gasteiger partial charge in [-0.3, -0.25) is 9.89 Å². The summed E-state index contributed by atoms with van der Waals surface area (Å²) in [6, 6.07) is 6.30. The number of nitrogens with zero attached hydrogens (tertiary/aromatic N) is 2.